The Bertz CT molecular complexity index is 720. The van der Waals surface area contributed by atoms with Crippen LogP contribution in [0.5, 0.6) is 0 Å². The number of amides is 3. The first-order valence-electron chi connectivity index (χ1n) is 7.19. The van der Waals surface area contributed by atoms with Gasteiger partial charge in [0.2, 0.25) is 5.91 Å². The lowest BCUT2D eigenvalue weighted by Gasteiger charge is -2.13. The summed E-state index contributed by atoms with van der Waals surface area (Å²) in [6.45, 7) is 0.960. The molecule has 0 bridgehead atoms. The number of imide groups is 1. The topological polar surface area (TPSA) is 78.8 Å². The van der Waals surface area contributed by atoms with E-state index in [-0.39, 0.29) is 30.7 Å². The summed E-state index contributed by atoms with van der Waals surface area (Å²) in [4.78, 5) is 41.7. The molecule has 1 N–H and O–H groups in total. The predicted octanol–water partition coefficient (Wildman–Crippen LogP) is 2.04. The fraction of sp³-hybridized carbons (Fsp3) is 0.333. The van der Waals surface area contributed by atoms with Gasteiger partial charge in [0.05, 0.1) is 17.7 Å². The standard InChI is InChI=1S/C15H14BrN3O3S/c16-9-3-4-10-11(8-9)14(22)19(13(10)21)6-1-2-12(20)18-15-17-5-7-23-15/h3-4,8H,1-2,5-7H2,(H,17,18,20). The van der Waals surface area contributed by atoms with Gasteiger partial charge in [0, 0.05) is 23.2 Å². The summed E-state index contributed by atoms with van der Waals surface area (Å²) in [5, 5.41) is 3.38. The maximum atomic E-state index is 12.3. The second-order valence-corrected chi connectivity index (χ2v) is 7.14. The lowest BCUT2D eigenvalue weighted by molar-refractivity contribution is -0.119. The Morgan fingerprint density at radius 2 is 2.09 bits per heavy atom. The summed E-state index contributed by atoms with van der Waals surface area (Å²) in [6.07, 6.45) is 0.674. The molecule has 3 amide bonds. The maximum absolute atomic E-state index is 12.3. The van der Waals surface area contributed by atoms with E-state index in [4.69, 9.17) is 0 Å². The lowest BCUT2D eigenvalue weighted by atomic mass is 10.1. The SMILES string of the molecule is O=C(CCCN1C(=O)c2ccc(Br)cc2C1=O)NC1=NCCS1. The molecular weight excluding hydrogens is 382 g/mol. The Hall–Kier alpha value is -1.67. The van der Waals surface area contributed by atoms with Crippen molar-refractivity contribution in [3.05, 3.63) is 33.8 Å². The minimum absolute atomic E-state index is 0.141. The van der Waals surface area contributed by atoms with Crippen LogP contribution in [0.2, 0.25) is 0 Å². The molecule has 2 heterocycles. The largest absolute Gasteiger partial charge is 0.305 e. The van der Waals surface area contributed by atoms with Crippen LogP contribution in [-0.4, -0.2) is 46.6 Å². The van der Waals surface area contributed by atoms with Crippen LogP contribution < -0.4 is 5.32 Å². The molecule has 8 heteroatoms. The second kappa shape index (κ2) is 6.84. The first kappa shape index (κ1) is 16.2. The van der Waals surface area contributed by atoms with E-state index in [1.807, 2.05) is 0 Å². The molecule has 0 spiro atoms. The number of nitrogens with zero attached hydrogens (tertiary/aromatic N) is 2. The summed E-state index contributed by atoms with van der Waals surface area (Å²) in [6, 6.07) is 5.03. The van der Waals surface area contributed by atoms with Gasteiger partial charge in [-0.1, -0.05) is 27.7 Å². The molecule has 3 rings (SSSR count). The third kappa shape index (κ3) is 3.48. The molecule has 0 aromatic heterocycles. The van der Waals surface area contributed by atoms with Gasteiger partial charge in [-0.3, -0.25) is 24.3 Å². The third-order valence-electron chi connectivity index (χ3n) is 3.55. The normalized spacial score (nSPS) is 16.6. The molecule has 2 aliphatic heterocycles. The maximum Gasteiger partial charge on any atom is 0.261 e. The van der Waals surface area contributed by atoms with Crippen molar-refractivity contribution >= 4 is 50.6 Å². The number of aliphatic imine (C=N–C) groups is 1. The van der Waals surface area contributed by atoms with Crippen LogP contribution in [0.4, 0.5) is 0 Å². The minimum atomic E-state index is -0.303. The van der Waals surface area contributed by atoms with Crippen LogP contribution in [0.25, 0.3) is 0 Å². The van der Waals surface area contributed by atoms with E-state index in [1.165, 1.54) is 16.7 Å². The molecule has 0 atom stereocenters. The molecule has 0 aliphatic carbocycles. The molecule has 0 saturated heterocycles. The van der Waals surface area contributed by atoms with Gasteiger partial charge in [-0.2, -0.15) is 0 Å². The van der Waals surface area contributed by atoms with Crippen LogP contribution in [0, 0.1) is 0 Å². The highest BCUT2D eigenvalue weighted by Crippen LogP contribution is 2.26. The van der Waals surface area contributed by atoms with Crippen LogP contribution >= 0.6 is 27.7 Å². The van der Waals surface area contributed by atoms with Crippen molar-refractivity contribution in [3.8, 4) is 0 Å². The Labute approximate surface area is 145 Å². The second-order valence-electron chi connectivity index (χ2n) is 5.14. The van der Waals surface area contributed by atoms with E-state index in [0.29, 0.717) is 22.7 Å². The molecule has 0 fully saturated rings. The van der Waals surface area contributed by atoms with Gasteiger partial charge in [0.25, 0.3) is 11.8 Å². The number of amidine groups is 1. The van der Waals surface area contributed by atoms with Crippen LogP contribution in [0.1, 0.15) is 33.6 Å². The van der Waals surface area contributed by atoms with Crippen molar-refractivity contribution in [1.29, 1.82) is 0 Å². The molecule has 120 valence electrons. The number of benzene rings is 1. The highest BCUT2D eigenvalue weighted by molar-refractivity contribution is 9.10. The fourth-order valence-corrected chi connectivity index (χ4v) is 3.56. The monoisotopic (exact) mass is 395 g/mol. The zero-order chi connectivity index (χ0) is 16.4. The average Bonchev–Trinajstić information content (AvgIpc) is 3.10. The number of nitrogens with one attached hydrogen (secondary N) is 1. The summed E-state index contributed by atoms with van der Waals surface area (Å²) in [5.41, 5.74) is 0.824. The molecule has 2 aliphatic rings. The number of hydrogen-bond donors (Lipinski definition) is 1. The van der Waals surface area contributed by atoms with Crippen molar-refractivity contribution in [2.75, 3.05) is 18.8 Å². The number of halogens is 1. The van der Waals surface area contributed by atoms with Crippen molar-refractivity contribution in [2.45, 2.75) is 12.8 Å². The van der Waals surface area contributed by atoms with Crippen molar-refractivity contribution in [3.63, 3.8) is 0 Å². The molecule has 23 heavy (non-hydrogen) atoms. The minimum Gasteiger partial charge on any atom is -0.305 e. The first-order valence-corrected chi connectivity index (χ1v) is 8.97. The summed E-state index contributed by atoms with van der Waals surface area (Å²) in [5.74, 6) is 0.147. The molecule has 0 radical (unpaired) electrons. The van der Waals surface area contributed by atoms with Gasteiger partial charge in [0.1, 0.15) is 0 Å². The summed E-state index contributed by atoms with van der Waals surface area (Å²) >= 11 is 4.82. The molecule has 0 unspecified atom stereocenters. The van der Waals surface area contributed by atoms with Crippen molar-refractivity contribution < 1.29 is 14.4 Å². The fourth-order valence-electron chi connectivity index (χ4n) is 2.46. The van der Waals surface area contributed by atoms with Crippen molar-refractivity contribution in [2.24, 2.45) is 4.99 Å². The predicted molar refractivity (Wildman–Crippen MR) is 91.6 cm³/mol. The first-order chi connectivity index (χ1) is 11.1. The van der Waals surface area contributed by atoms with Gasteiger partial charge < -0.3 is 5.32 Å². The number of thioether (sulfide) groups is 1. The molecule has 6 nitrogen and oxygen atoms in total. The number of rotatable bonds is 4. The molecule has 0 saturated carbocycles. The van der Waals surface area contributed by atoms with Crippen LogP contribution in [0.3, 0.4) is 0 Å². The molecule has 1 aromatic carbocycles. The lowest BCUT2D eigenvalue weighted by Crippen LogP contribution is -2.32. The van der Waals surface area contributed by atoms with Gasteiger partial charge >= 0.3 is 0 Å². The molecular formula is C15H14BrN3O3S. The van der Waals surface area contributed by atoms with E-state index >= 15 is 0 Å². The van der Waals surface area contributed by atoms with Crippen LogP contribution in [0.15, 0.2) is 27.7 Å². The van der Waals surface area contributed by atoms with E-state index < -0.39 is 0 Å². The zero-order valence-corrected chi connectivity index (χ0v) is 14.6. The smallest absolute Gasteiger partial charge is 0.261 e. The Balaban J connectivity index is 1.54. The Morgan fingerprint density at radius 1 is 1.30 bits per heavy atom. The number of carbonyl (C=O) groups is 3. The van der Waals surface area contributed by atoms with Gasteiger partial charge in [-0.15, -0.1) is 0 Å². The van der Waals surface area contributed by atoms with E-state index in [9.17, 15) is 14.4 Å². The van der Waals surface area contributed by atoms with Crippen molar-refractivity contribution in [1.82, 2.24) is 10.2 Å². The van der Waals surface area contributed by atoms with E-state index in [2.05, 4.69) is 26.2 Å². The molecule has 1 aromatic rings. The highest BCUT2D eigenvalue weighted by atomic mass is 79.9. The van der Waals surface area contributed by atoms with E-state index in [0.717, 1.165) is 16.8 Å². The van der Waals surface area contributed by atoms with Crippen LogP contribution in [-0.2, 0) is 4.79 Å². The highest BCUT2D eigenvalue weighted by Gasteiger charge is 2.35. The number of carbonyl (C=O) groups excluding carboxylic acids is 3. The van der Waals surface area contributed by atoms with E-state index in [1.54, 1.807) is 18.2 Å². The summed E-state index contributed by atoms with van der Waals surface area (Å²) < 4.78 is 0.758. The third-order valence-corrected chi connectivity index (χ3v) is 4.93. The van der Waals surface area contributed by atoms with Gasteiger partial charge in [-0.25, -0.2) is 0 Å². The number of fused-ring (bicyclic) bond motifs is 1. The quantitative estimate of drug-likeness (QED) is 0.791. The Kier molecular flexibility index (Phi) is 4.82. The number of hydrogen-bond acceptors (Lipinski definition) is 5. The van der Waals surface area contributed by atoms with Gasteiger partial charge in [0.15, 0.2) is 5.17 Å². The summed E-state index contributed by atoms with van der Waals surface area (Å²) in [7, 11) is 0. The average molecular weight is 396 g/mol. The Morgan fingerprint density at radius 3 is 2.83 bits per heavy atom. The van der Waals surface area contributed by atoms with Gasteiger partial charge in [-0.05, 0) is 24.6 Å². The zero-order valence-electron chi connectivity index (χ0n) is 12.2.